The summed E-state index contributed by atoms with van der Waals surface area (Å²) in [7, 11) is 0. The molecular formula is C13H16F3NS. The Morgan fingerprint density at radius 2 is 1.94 bits per heavy atom. The number of rotatable bonds is 3. The maximum absolute atomic E-state index is 12.8. The van der Waals surface area contributed by atoms with Gasteiger partial charge in [0.25, 0.3) is 0 Å². The van der Waals surface area contributed by atoms with Crippen molar-refractivity contribution in [2.75, 3.05) is 11.6 Å². The van der Waals surface area contributed by atoms with Crippen LogP contribution in [0.3, 0.4) is 0 Å². The predicted octanol–water partition coefficient (Wildman–Crippen LogP) is 4.40. The lowest BCUT2D eigenvalue weighted by Gasteiger charge is -2.18. The number of anilines is 1. The molecule has 1 saturated carbocycles. The molecule has 0 amide bonds. The van der Waals surface area contributed by atoms with Crippen molar-refractivity contribution in [2.24, 2.45) is 0 Å². The zero-order valence-corrected chi connectivity index (χ0v) is 10.9. The van der Waals surface area contributed by atoms with Crippen LogP contribution >= 0.6 is 11.8 Å². The van der Waals surface area contributed by atoms with E-state index >= 15 is 0 Å². The molecule has 18 heavy (non-hydrogen) atoms. The van der Waals surface area contributed by atoms with Crippen LogP contribution in [-0.2, 0) is 6.18 Å². The van der Waals surface area contributed by atoms with Crippen LogP contribution in [0.1, 0.15) is 24.8 Å². The number of hydrogen-bond acceptors (Lipinski definition) is 2. The Labute approximate surface area is 109 Å². The molecule has 5 heteroatoms. The Kier molecular flexibility index (Phi) is 4.10. The number of halogens is 3. The van der Waals surface area contributed by atoms with Crippen LogP contribution in [0.5, 0.6) is 0 Å². The highest BCUT2D eigenvalue weighted by molar-refractivity contribution is 7.99. The Balaban J connectivity index is 2.10. The fraction of sp³-hybridized carbons (Fsp3) is 0.538. The molecule has 1 aliphatic rings. The molecule has 1 aliphatic carbocycles. The van der Waals surface area contributed by atoms with E-state index in [1.54, 1.807) is 17.8 Å². The molecule has 0 aliphatic heterocycles. The molecular weight excluding hydrogens is 259 g/mol. The van der Waals surface area contributed by atoms with Gasteiger partial charge in [0, 0.05) is 17.0 Å². The molecule has 100 valence electrons. The third-order valence-corrected chi connectivity index (χ3v) is 4.40. The summed E-state index contributed by atoms with van der Waals surface area (Å²) in [6, 6.07) is 5.86. The Morgan fingerprint density at radius 3 is 2.56 bits per heavy atom. The van der Waals surface area contributed by atoms with Crippen molar-refractivity contribution in [1.29, 1.82) is 0 Å². The van der Waals surface area contributed by atoms with Gasteiger partial charge in [0.05, 0.1) is 5.56 Å². The third kappa shape index (κ3) is 3.13. The molecule has 2 unspecified atom stereocenters. The smallest absolute Gasteiger partial charge is 0.382 e. The first-order valence-electron chi connectivity index (χ1n) is 5.96. The quantitative estimate of drug-likeness (QED) is 0.877. The minimum atomic E-state index is -4.29. The van der Waals surface area contributed by atoms with E-state index in [1.165, 1.54) is 12.1 Å². The standard InChI is InChI=1S/C13H16F3NS/c1-18-10-7-6-9(8-10)17-12-5-3-2-4-11(12)13(14,15)16/h2-5,9-10,17H,6-8H2,1H3. The molecule has 2 rings (SSSR count). The van der Waals surface area contributed by atoms with Gasteiger partial charge < -0.3 is 5.32 Å². The predicted molar refractivity (Wildman–Crippen MR) is 70.0 cm³/mol. The molecule has 1 nitrogen and oxygen atoms in total. The molecule has 2 atom stereocenters. The maximum atomic E-state index is 12.8. The first-order chi connectivity index (χ1) is 8.50. The molecule has 0 spiro atoms. The van der Waals surface area contributed by atoms with Crippen molar-refractivity contribution in [3.05, 3.63) is 29.8 Å². The van der Waals surface area contributed by atoms with Gasteiger partial charge in [-0.15, -0.1) is 0 Å². The summed E-state index contributed by atoms with van der Waals surface area (Å²) in [5.74, 6) is 0. The zero-order chi connectivity index (χ0) is 13.2. The molecule has 0 heterocycles. The molecule has 1 aromatic rings. The summed E-state index contributed by atoms with van der Waals surface area (Å²) >= 11 is 1.79. The van der Waals surface area contributed by atoms with E-state index in [4.69, 9.17) is 0 Å². The number of nitrogens with one attached hydrogen (secondary N) is 1. The molecule has 0 saturated heterocycles. The lowest BCUT2D eigenvalue weighted by atomic mass is 10.1. The minimum absolute atomic E-state index is 0.158. The van der Waals surface area contributed by atoms with Crippen molar-refractivity contribution in [2.45, 2.75) is 36.7 Å². The molecule has 0 radical (unpaired) electrons. The topological polar surface area (TPSA) is 12.0 Å². The van der Waals surface area contributed by atoms with Crippen molar-refractivity contribution >= 4 is 17.4 Å². The van der Waals surface area contributed by atoms with Gasteiger partial charge >= 0.3 is 6.18 Å². The Bertz CT molecular complexity index is 405. The second-order valence-corrected chi connectivity index (χ2v) is 5.69. The fourth-order valence-electron chi connectivity index (χ4n) is 2.36. The van der Waals surface area contributed by atoms with Gasteiger partial charge in [0.2, 0.25) is 0 Å². The Hall–Kier alpha value is -0.840. The van der Waals surface area contributed by atoms with E-state index in [0.29, 0.717) is 5.25 Å². The largest absolute Gasteiger partial charge is 0.418 e. The van der Waals surface area contributed by atoms with Crippen LogP contribution in [0, 0.1) is 0 Å². The summed E-state index contributed by atoms with van der Waals surface area (Å²) in [4.78, 5) is 0. The van der Waals surface area contributed by atoms with E-state index in [9.17, 15) is 13.2 Å². The van der Waals surface area contributed by atoms with Crippen molar-refractivity contribution in [3.63, 3.8) is 0 Å². The van der Waals surface area contributed by atoms with Gasteiger partial charge in [-0.2, -0.15) is 24.9 Å². The van der Waals surface area contributed by atoms with Gasteiger partial charge in [-0.1, -0.05) is 12.1 Å². The molecule has 1 aromatic carbocycles. The van der Waals surface area contributed by atoms with E-state index < -0.39 is 11.7 Å². The lowest BCUT2D eigenvalue weighted by molar-refractivity contribution is -0.137. The first kappa shape index (κ1) is 13.6. The number of alkyl halides is 3. The monoisotopic (exact) mass is 275 g/mol. The first-order valence-corrected chi connectivity index (χ1v) is 7.25. The summed E-state index contributed by atoms with van der Waals surface area (Å²) in [6.07, 6.45) is 0.718. The fourth-order valence-corrected chi connectivity index (χ4v) is 3.16. The molecule has 1 fully saturated rings. The van der Waals surface area contributed by atoms with E-state index in [2.05, 4.69) is 11.6 Å². The van der Waals surface area contributed by atoms with Crippen LogP contribution in [0.4, 0.5) is 18.9 Å². The van der Waals surface area contributed by atoms with Gasteiger partial charge in [-0.3, -0.25) is 0 Å². The van der Waals surface area contributed by atoms with Crippen LogP contribution in [-0.4, -0.2) is 17.5 Å². The van der Waals surface area contributed by atoms with Gasteiger partial charge in [0.1, 0.15) is 0 Å². The zero-order valence-electron chi connectivity index (χ0n) is 10.1. The average Bonchev–Trinajstić information content (AvgIpc) is 2.76. The van der Waals surface area contributed by atoms with Crippen molar-refractivity contribution < 1.29 is 13.2 Å². The van der Waals surface area contributed by atoms with E-state index in [1.807, 2.05) is 0 Å². The maximum Gasteiger partial charge on any atom is 0.418 e. The average molecular weight is 275 g/mol. The second-order valence-electron chi connectivity index (χ2n) is 4.56. The lowest BCUT2D eigenvalue weighted by Crippen LogP contribution is -2.19. The minimum Gasteiger partial charge on any atom is -0.382 e. The van der Waals surface area contributed by atoms with E-state index in [-0.39, 0.29) is 11.7 Å². The Morgan fingerprint density at radius 1 is 1.22 bits per heavy atom. The summed E-state index contributed by atoms with van der Waals surface area (Å²) in [5, 5.41) is 3.62. The normalized spacial score (nSPS) is 24.2. The van der Waals surface area contributed by atoms with Crippen LogP contribution in [0.25, 0.3) is 0 Å². The van der Waals surface area contributed by atoms with Crippen LogP contribution in [0.15, 0.2) is 24.3 Å². The van der Waals surface area contributed by atoms with Gasteiger partial charge in [-0.25, -0.2) is 0 Å². The number of benzene rings is 1. The number of para-hydroxylation sites is 1. The highest BCUT2D eigenvalue weighted by Gasteiger charge is 2.34. The van der Waals surface area contributed by atoms with Gasteiger partial charge in [0.15, 0.2) is 0 Å². The van der Waals surface area contributed by atoms with E-state index in [0.717, 1.165) is 25.3 Å². The number of thioether (sulfide) groups is 1. The summed E-state index contributed by atoms with van der Waals surface area (Å²) in [6.45, 7) is 0. The van der Waals surface area contributed by atoms with Crippen LogP contribution < -0.4 is 5.32 Å². The van der Waals surface area contributed by atoms with Crippen molar-refractivity contribution in [1.82, 2.24) is 0 Å². The second kappa shape index (κ2) is 5.43. The molecule has 1 N–H and O–H groups in total. The SMILES string of the molecule is CSC1CCC(Nc2ccccc2C(F)(F)F)C1. The van der Waals surface area contributed by atoms with Crippen LogP contribution in [0.2, 0.25) is 0 Å². The third-order valence-electron chi connectivity index (χ3n) is 3.31. The summed E-state index contributed by atoms with van der Waals surface area (Å²) in [5.41, 5.74) is -0.366. The molecule has 0 bridgehead atoms. The number of hydrogen-bond donors (Lipinski definition) is 1. The van der Waals surface area contributed by atoms with Gasteiger partial charge in [-0.05, 0) is 37.7 Å². The highest BCUT2D eigenvalue weighted by atomic mass is 32.2. The van der Waals surface area contributed by atoms with Crippen molar-refractivity contribution in [3.8, 4) is 0 Å². The highest BCUT2D eigenvalue weighted by Crippen LogP contribution is 2.37. The molecule has 0 aromatic heterocycles. The summed E-state index contributed by atoms with van der Waals surface area (Å²) < 4.78 is 38.5.